The zero-order valence-electron chi connectivity index (χ0n) is 11.2. The van der Waals surface area contributed by atoms with Gasteiger partial charge in [-0.2, -0.15) is 5.26 Å². The van der Waals surface area contributed by atoms with Gasteiger partial charge in [0.1, 0.15) is 0 Å². The lowest BCUT2D eigenvalue weighted by Crippen LogP contribution is -2.47. The van der Waals surface area contributed by atoms with E-state index in [1.807, 2.05) is 25.8 Å². The lowest BCUT2D eigenvalue weighted by molar-refractivity contribution is -0.126. The molecule has 0 aliphatic rings. The molecule has 0 rings (SSSR count). The fraction of sp³-hybridized carbons (Fsp3) is 0.833. The molecule has 1 amide bonds. The molecule has 0 heterocycles. The molecular weight excluding hydrogens is 218 g/mol. The normalized spacial score (nSPS) is 14.1. The second-order valence-corrected chi connectivity index (χ2v) is 4.19. The number of hydrogen-bond donors (Lipinski definition) is 1. The monoisotopic (exact) mass is 241 g/mol. The third-order valence-corrected chi connectivity index (χ3v) is 2.90. The summed E-state index contributed by atoms with van der Waals surface area (Å²) < 4.78 is 4.90. The summed E-state index contributed by atoms with van der Waals surface area (Å²) in [6.07, 6.45) is 1.24. The van der Waals surface area contributed by atoms with Crippen molar-refractivity contribution in [2.75, 3.05) is 27.3 Å². The Morgan fingerprint density at radius 3 is 2.71 bits per heavy atom. The van der Waals surface area contributed by atoms with Crippen LogP contribution in [0.3, 0.4) is 0 Å². The van der Waals surface area contributed by atoms with Gasteiger partial charge in [0.2, 0.25) is 5.91 Å². The zero-order chi connectivity index (χ0) is 13.3. The summed E-state index contributed by atoms with van der Waals surface area (Å²) in [5.74, 6) is -0.00612. The zero-order valence-corrected chi connectivity index (χ0v) is 11.2. The van der Waals surface area contributed by atoms with Gasteiger partial charge >= 0.3 is 0 Å². The van der Waals surface area contributed by atoms with Crippen LogP contribution in [0.25, 0.3) is 0 Å². The van der Waals surface area contributed by atoms with E-state index in [1.165, 1.54) is 0 Å². The fourth-order valence-corrected chi connectivity index (χ4v) is 1.42. The van der Waals surface area contributed by atoms with Gasteiger partial charge in [0, 0.05) is 26.3 Å². The second-order valence-electron chi connectivity index (χ2n) is 4.19. The summed E-state index contributed by atoms with van der Waals surface area (Å²) in [4.78, 5) is 13.7. The van der Waals surface area contributed by atoms with Crippen molar-refractivity contribution in [1.29, 1.82) is 5.26 Å². The van der Waals surface area contributed by atoms with Crippen molar-refractivity contribution < 1.29 is 9.53 Å². The molecule has 2 atom stereocenters. The van der Waals surface area contributed by atoms with Crippen molar-refractivity contribution in [2.45, 2.75) is 38.8 Å². The summed E-state index contributed by atoms with van der Waals surface area (Å²) >= 11 is 0. The Morgan fingerprint density at radius 2 is 2.18 bits per heavy atom. The molecule has 1 N–H and O–H groups in total. The molecule has 5 nitrogen and oxygen atoms in total. The van der Waals surface area contributed by atoms with Crippen molar-refractivity contribution in [3.8, 4) is 6.07 Å². The van der Waals surface area contributed by atoms with Crippen molar-refractivity contribution in [2.24, 2.45) is 0 Å². The van der Waals surface area contributed by atoms with Gasteiger partial charge < -0.3 is 10.1 Å². The molecule has 0 aliphatic heterocycles. The number of nitrogens with zero attached hydrogens (tertiary/aromatic N) is 2. The summed E-state index contributed by atoms with van der Waals surface area (Å²) in [6.45, 7) is 5.06. The first-order valence-electron chi connectivity index (χ1n) is 5.90. The van der Waals surface area contributed by atoms with Crippen molar-refractivity contribution in [3.63, 3.8) is 0 Å². The highest BCUT2D eigenvalue weighted by Crippen LogP contribution is 2.05. The first-order valence-corrected chi connectivity index (χ1v) is 5.90. The highest BCUT2D eigenvalue weighted by molar-refractivity contribution is 5.81. The van der Waals surface area contributed by atoms with Crippen LogP contribution in [0.1, 0.15) is 26.7 Å². The van der Waals surface area contributed by atoms with E-state index in [2.05, 4.69) is 11.4 Å². The van der Waals surface area contributed by atoms with E-state index in [0.29, 0.717) is 19.6 Å². The maximum absolute atomic E-state index is 11.8. The fourth-order valence-electron chi connectivity index (χ4n) is 1.42. The number of rotatable bonds is 8. The average molecular weight is 241 g/mol. The Labute approximate surface area is 104 Å². The van der Waals surface area contributed by atoms with Crippen LogP contribution in [0.15, 0.2) is 0 Å². The highest BCUT2D eigenvalue weighted by atomic mass is 16.5. The van der Waals surface area contributed by atoms with Crippen LogP contribution >= 0.6 is 0 Å². The van der Waals surface area contributed by atoms with Crippen LogP contribution in [0.2, 0.25) is 0 Å². The second kappa shape index (κ2) is 8.97. The topological polar surface area (TPSA) is 65.4 Å². The Morgan fingerprint density at radius 1 is 1.53 bits per heavy atom. The number of carbonyl (C=O) groups is 1. The molecule has 17 heavy (non-hydrogen) atoms. The first-order chi connectivity index (χ1) is 8.04. The minimum Gasteiger partial charge on any atom is -0.385 e. The third-order valence-electron chi connectivity index (χ3n) is 2.90. The van der Waals surface area contributed by atoms with Crippen LogP contribution in [0.5, 0.6) is 0 Å². The predicted molar refractivity (Wildman–Crippen MR) is 66.4 cm³/mol. The number of nitriles is 1. The largest absolute Gasteiger partial charge is 0.385 e. The van der Waals surface area contributed by atoms with E-state index >= 15 is 0 Å². The maximum atomic E-state index is 11.8. The van der Waals surface area contributed by atoms with Crippen LogP contribution in [-0.4, -0.2) is 50.2 Å². The predicted octanol–water partition coefficient (Wildman–Crippen LogP) is 0.762. The summed E-state index contributed by atoms with van der Waals surface area (Å²) in [5.41, 5.74) is 0. The Hall–Kier alpha value is -1.12. The average Bonchev–Trinajstić information content (AvgIpc) is 2.32. The molecule has 0 bridgehead atoms. The van der Waals surface area contributed by atoms with Gasteiger partial charge in [0.25, 0.3) is 0 Å². The van der Waals surface area contributed by atoms with Crippen LogP contribution in [0, 0.1) is 11.3 Å². The molecule has 0 radical (unpaired) electrons. The van der Waals surface area contributed by atoms with Crippen LogP contribution in [0.4, 0.5) is 0 Å². The van der Waals surface area contributed by atoms with Crippen molar-refractivity contribution in [3.05, 3.63) is 0 Å². The molecule has 0 saturated heterocycles. The van der Waals surface area contributed by atoms with Gasteiger partial charge in [0.05, 0.1) is 18.5 Å². The van der Waals surface area contributed by atoms with Gasteiger partial charge in [-0.1, -0.05) is 0 Å². The lowest BCUT2D eigenvalue weighted by Gasteiger charge is -2.28. The Kier molecular flexibility index (Phi) is 8.38. The van der Waals surface area contributed by atoms with Gasteiger partial charge in [-0.25, -0.2) is 0 Å². The molecule has 0 fully saturated rings. The number of nitrogens with one attached hydrogen (secondary N) is 1. The number of carbonyl (C=O) groups excluding carboxylic acids is 1. The molecule has 0 saturated carbocycles. The molecule has 2 unspecified atom stereocenters. The Balaban J connectivity index is 3.99. The molecule has 0 aromatic carbocycles. The SMILES string of the molecule is COCCCNC(=O)C(C)N(C)C(C)CC#N. The van der Waals surface area contributed by atoms with Gasteiger partial charge in [-0.05, 0) is 27.3 Å². The first kappa shape index (κ1) is 15.9. The smallest absolute Gasteiger partial charge is 0.237 e. The standard InChI is InChI=1S/C12H23N3O2/c1-10(6-7-13)15(3)11(2)12(16)14-8-5-9-17-4/h10-11H,5-6,8-9H2,1-4H3,(H,14,16). The number of likely N-dealkylation sites (N-methyl/N-ethyl adjacent to an activating group) is 1. The number of methoxy groups -OCH3 is 1. The van der Waals surface area contributed by atoms with E-state index < -0.39 is 0 Å². The third kappa shape index (κ3) is 6.25. The maximum Gasteiger partial charge on any atom is 0.237 e. The summed E-state index contributed by atoms with van der Waals surface area (Å²) in [5, 5.41) is 11.5. The molecule has 0 spiro atoms. The van der Waals surface area contributed by atoms with E-state index in [9.17, 15) is 4.79 Å². The van der Waals surface area contributed by atoms with Crippen LogP contribution in [-0.2, 0) is 9.53 Å². The molecular formula is C12H23N3O2. The minimum atomic E-state index is -0.221. The van der Waals surface area contributed by atoms with E-state index in [0.717, 1.165) is 6.42 Å². The molecule has 98 valence electrons. The minimum absolute atomic E-state index is 0.00612. The summed E-state index contributed by atoms with van der Waals surface area (Å²) in [6, 6.07) is 1.97. The van der Waals surface area contributed by atoms with Crippen molar-refractivity contribution >= 4 is 5.91 Å². The van der Waals surface area contributed by atoms with E-state index in [1.54, 1.807) is 7.11 Å². The van der Waals surface area contributed by atoms with Crippen LogP contribution < -0.4 is 5.32 Å². The molecule has 0 aromatic rings. The molecule has 0 aliphatic carbocycles. The molecule has 0 aromatic heterocycles. The van der Waals surface area contributed by atoms with E-state index in [-0.39, 0.29) is 18.0 Å². The molecule has 5 heteroatoms. The number of ether oxygens (including phenoxy) is 1. The van der Waals surface area contributed by atoms with Gasteiger partial charge in [-0.15, -0.1) is 0 Å². The lowest BCUT2D eigenvalue weighted by atomic mass is 10.1. The van der Waals surface area contributed by atoms with Gasteiger partial charge in [-0.3, -0.25) is 9.69 Å². The highest BCUT2D eigenvalue weighted by Gasteiger charge is 2.21. The summed E-state index contributed by atoms with van der Waals surface area (Å²) in [7, 11) is 3.50. The van der Waals surface area contributed by atoms with Gasteiger partial charge in [0.15, 0.2) is 0 Å². The van der Waals surface area contributed by atoms with E-state index in [4.69, 9.17) is 10.00 Å². The quantitative estimate of drug-likeness (QED) is 0.637. The Bertz CT molecular complexity index is 263. The number of amides is 1. The number of hydrogen-bond acceptors (Lipinski definition) is 4. The van der Waals surface area contributed by atoms with Crippen molar-refractivity contribution in [1.82, 2.24) is 10.2 Å².